The fraction of sp³-hybridized carbons (Fsp3) is 0.643. The fourth-order valence-electron chi connectivity index (χ4n) is 2.92. The Balaban J connectivity index is 1.99. The Bertz CT molecular complexity index is 404. The van der Waals surface area contributed by atoms with Crippen LogP contribution in [-0.2, 0) is 6.18 Å². The van der Waals surface area contributed by atoms with Gasteiger partial charge >= 0.3 is 6.18 Å². The topological polar surface area (TPSA) is 24.9 Å². The van der Waals surface area contributed by atoms with Crippen molar-refractivity contribution in [1.82, 2.24) is 4.98 Å². The molecule has 19 heavy (non-hydrogen) atoms. The molecule has 1 saturated carbocycles. The van der Waals surface area contributed by atoms with Gasteiger partial charge in [-0.15, -0.1) is 0 Å². The van der Waals surface area contributed by atoms with Crippen LogP contribution in [-0.4, -0.2) is 11.0 Å². The molecular formula is C14H19F3N2. The van der Waals surface area contributed by atoms with Gasteiger partial charge in [0.05, 0.1) is 5.56 Å². The van der Waals surface area contributed by atoms with Crippen LogP contribution in [0, 0.1) is 11.8 Å². The number of hydrogen-bond donors (Lipinski definition) is 1. The summed E-state index contributed by atoms with van der Waals surface area (Å²) in [6, 6.07) is 2.79. The lowest BCUT2D eigenvalue weighted by molar-refractivity contribution is -0.137. The number of anilines is 1. The van der Waals surface area contributed by atoms with Crippen LogP contribution in [0.25, 0.3) is 0 Å². The Morgan fingerprint density at radius 2 is 1.74 bits per heavy atom. The molecule has 1 aromatic rings. The highest BCUT2D eigenvalue weighted by Gasteiger charge is 2.31. The van der Waals surface area contributed by atoms with Crippen molar-refractivity contribution in [2.24, 2.45) is 11.8 Å². The van der Waals surface area contributed by atoms with Crippen LogP contribution in [0.3, 0.4) is 0 Å². The average molecular weight is 272 g/mol. The second kappa shape index (κ2) is 5.39. The normalized spacial score (nSPS) is 28.2. The maximum atomic E-state index is 12.4. The van der Waals surface area contributed by atoms with Crippen molar-refractivity contribution >= 4 is 5.82 Å². The largest absolute Gasteiger partial charge is 0.417 e. The van der Waals surface area contributed by atoms with Gasteiger partial charge in [-0.3, -0.25) is 0 Å². The summed E-state index contributed by atoms with van der Waals surface area (Å²) in [7, 11) is 0. The molecule has 0 aromatic carbocycles. The highest BCUT2D eigenvalue weighted by Crippen LogP contribution is 2.31. The zero-order valence-electron chi connectivity index (χ0n) is 11.2. The lowest BCUT2D eigenvalue weighted by Gasteiger charge is -2.32. The van der Waals surface area contributed by atoms with Gasteiger partial charge in [-0.05, 0) is 43.2 Å². The maximum absolute atomic E-state index is 12.4. The number of halogens is 3. The molecule has 1 fully saturated rings. The van der Waals surface area contributed by atoms with E-state index in [9.17, 15) is 13.2 Å². The van der Waals surface area contributed by atoms with Crippen LogP contribution in [0.2, 0.25) is 0 Å². The molecule has 0 spiro atoms. The van der Waals surface area contributed by atoms with E-state index in [1.54, 1.807) is 0 Å². The summed E-state index contributed by atoms with van der Waals surface area (Å²) in [5.74, 6) is 1.82. The van der Waals surface area contributed by atoms with Gasteiger partial charge in [0.25, 0.3) is 0 Å². The third-order valence-electron chi connectivity index (χ3n) is 3.62. The average Bonchev–Trinajstić information content (AvgIpc) is 2.26. The lowest BCUT2D eigenvalue weighted by atomic mass is 9.80. The van der Waals surface area contributed by atoms with Crippen molar-refractivity contribution < 1.29 is 13.2 Å². The number of alkyl halides is 3. The molecule has 0 saturated heterocycles. The number of hydrogen-bond acceptors (Lipinski definition) is 2. The molecule has 2 rings (SSSR count). The first kappa shape index (κ1) is 14.2. The second-order valence-corrected chi connectivity index (χ2v) is 5.69. The molecule has 2 atom stereocenters. The van der Waals surface area contributed by atoms with Crippen LogP contribution < -0.4 is 5.32 Å². The molecule has 0 radical (unpaired) electrons. The Morgan fingerprint density at radius 3 is 2.21 bits per heavy atom. The Labute approximate surface area is 111 Å². The third-order valence-corrected chi connectivity index (χ3v) is 3.62. The Morgan fingerprint density at radius 1 is 1.11 bits per heavy atom. The SMILES string of the molecule is C[C@H]1CC(Nc2ccc(C(F)(F)F)cn2)C[C@H](C)C1. The molecular weight excluding hydrogens is 253 g/mol. The molecule has 1 heterocycles. The third kappa shape index (κ3) is 3.85. The standard InChI is InChI=1S/C14H19F3N2/c1-9-5-10(2)7-12(6-9)19-13-4-3-11(8-18-13)14(15,16)17/h3-4,8-10,12H,5-7H2,1-2H3,(H,18,19)/t9-,10-/m1/s1. The molecule has 0 aliphatic heterocycles. The lowest BCUT2D eigenvalue weighted by Crippen LogP contribution is -2.30. The van der Waals surface area contributed by atoms with E-state index in [-0.39, 0.29) is 0 Å². The fourth-order valence-corrected chi connectivity index (χ4v) is 2.92. The predicted molar refractivity (Wildman–Crippen MR) is 68.8 cm³/mol. The van der Waals surface area contributed by atoms with E-state index < -0.39 is 11.7 Å². The molecule has 5 heteroatoms. The number of nitrogens with zero attached hydrogens (tertiary/aromatic N) is 1. The quantitative estimate of drug-likeness (QED) is 0.866. The van der Waals surface area contributed by atoms with Crippen molar-refractivity contribution in [3.8, 4) is 0 Å². The van der Waals surface area contributed by atoms with E-state index >= 15 is 0 Å². The molecule has 1 aromatic heterocycles. The summed E-state index contributed by atoms with van der Waals surface area (Å²) in [5.41, 5.74) is -0.705. The first-order valence-corrected chi connectivity index (χ1v) is 6.64. The van der Waals surface area contributed by atoms with Gasteiger partial charge in [0.15, 0.2) is 0 Å². The van der Waals surface area contributed by atoms with E-state index in [2.05, 4.69) is 24.1 Å². The van der Waals surface area contributed by atoms with Gasteiger partial charge in [0.1, 0.15) is 5.82 Å². The molecule has 106 valence electrons. The minimum atomic E-state index is -4.32. The molecule has 1 N–H and O–H groups in total. The van der Waals surface area contributed by atoms with Gasteiger partial charge < -0.3 is 5.32 Å². The minimum Gasteiger partial charge on any atom is -0.367 e. The summed E-state index contributed by atoms with van der Waals surface area (Å²) < 4.78 is 37.3. The van der Waals surface area contributed by atoms with E-state index in [1.165, 1.54) is 12.5 Å². The summed E-state index contributed by atoms with van der Waals surface area (Å²) in [6.45, 7) is 4.43. The Kier molecular flexibility index (Phi) is 4.02. The monoisotopic (exact) mass is 272 g/mol. The second-order valence-electron chi connectivity index (χ2n) is 5.69. The van der Waals surface area contributed by atoms with Gasteiger partial charge in [-0.25, -0.2) is 4.98 Å². The zero-order valence-corrected chi connectivity index (χ0v) is 11.2. The van der Waals surface area contributed by atoms with Crippen LogP contribution >= 0.6 is 0 Å². The molecule has 1 aliphatic rings. The van der Waals surface area contributed by atoms with Crippen molar-refractivity contribution in [3.05, 3.63) is 23.9 Å². The number of aromatic nitrogens is 1. The van der Waals surface area contributed by atoms with Gasteiger partial charge in [0.2, 0.25) is 0 Å². The number of pyridine rings is 1. The molecule has 1 aliphatic carbocycles. The maximum Gasteiger partial charge on any atom is 0.417 e. The number of nitrogens with one attached hydrogen (secondary N) is 1. The molecule has 0 amide bonds. The summed E-state index contributed by atoms with van der Waals surface area (Å²) in [6.07, 6.45) is -0.115. The molecule has 2 nitrogen and oxygen atoms in total. The van der Waals surface area contributed by atoms with E-state index in [1.807, 2.05) is 0 Å². The molecule has 0 bridgehead atoms. The first-order chi connectivity index (χ1) is 8.84. The van der Waals surface area contributed by atoms with Crippen molar-refractivity contribution in [1.29, 1.82) is 0 Å². The summed E-state index contributed by atoms with van der Waals surface area (Å²) in [5, 5.41) is 3.24. The van der Waals surface area contributed by atoms with Crippen molar-refractivity contribution in [2.75, 3.05) is 5.32 Å². The van der Waals surface area contributed by atoms with Crippen molar-refractivity contribution in [3.63, 3.8) is 0 Å². The van der Waals surface area contributed by atoms with Gasteiger partial charge in [-0.1, -0.05) is 13.8 Å². The van der Waals surface area contributed by atoms with Gasteiger partial charge in [0, 0.05) is 12.2 Å². The smallest absolute Gasteiger partial charge is 0.367 e. The summed E-state index contributed by atoms with van der Waals surface area (Å²) in [4.78, 5) is 3.86. The van der Waals surface area contributed by atoms with Crippen LogP contribution in [0.4, 0.5) is 19.0 Å². The van der Waals surface area contributed by atoms with E-state index in [0.717, 1.165) is 25.1 Å². The zero-order chi connectivity index (χ0) is 14.0. The minimum absolute atomic E-state index is 0.308. The predicted octanol–water partition coefficient (Wildman–Crippen LogP) is 4.34. The number of rotatable bonds is 2. The van der Waals surface area contributed by atoms with Crippen LogP contribution in [0.15, 0.2) is 18.3 Å². The highest BCUT2D eigenvalue weighted by atomic mass is 19.4. The van der Waals surface area contributed by atoms with Gasteiger partial charge in [-0.2, -0.15) is 13.2 Å². The first-order valence-electron chi connectivity index (χ1n) is 6.64. The van der Waals surface area contributed by atoms with Crippen molar-refractivity contribution in [2.45, 2.75) is 45.3 Å². The summed E-state index contributed by atoms with van der Waals surface area (Å²) >= 11 is 0. The van der Waals surface area contributed by atoms with Crippen LogP contribution in [0.5, 0.6) is 0 Å². The highest BCUT2D eigenvalue weighted by molar-refractivity contribution is 5.37. The Hall–Kier alpha value is -1.26. The molecule has 0 unspecified atom stereocenters. The van der Waals surface area contributed by atoms with E-state index in [0.29, 0.717) is 23.7 Å². The van der Waals surface area contributed by atoms with E-state index in [4.69, 9.17) is 0 Å². The van der Waals surface area contributed by atoms with Crippen LogP contribution in [0.1, 0.15) is 38.7 Å².